The molecule has 1 aromatic carbocycles. The van der Waals surface area contributed by atoms with Gasteiger partial charge in [-0.05, 0) is 18.4 Å². The Bertz CT molecular complexity index is 596. The molecule has 194 valence electrons. The molecule has 1 atom stereocenters. The van der Waals surface area contributed by atoms with Gasteiger partial charge < -0.3 is 9.80 Å². The molecule has 1 heterocycles. The molecule has 2 rings (SSSR count). The van der Waals surface area contributed by atoms with Crippen LogP contribution in [0.4, 0.5) is 0 Å². The zero-order valence-electron chi connectivity index (χ0n) is 22.9. The highest BCUT2D eigenvalue weighted by Crippen LogP contribution is 2.31. The van der Waals surface area contributed by atoms with E-state index in [2.05, 4.69) is 66.4 Å². The first-order valence-electron chi connectivity index (χ1n) is 15.1. The summed E-state index contributed by atoms with van der Waals surface area (Å²) in [4.78, 5) is 5.13. The van der Waals surface area contributed by atoms with Gasteiger partial charge in [-0.3, -0.25) is 0 Å². The van der Waals surface area contributed by atoms with Crippen molar-refractivity contribution in [3.63, 3.8) is 0 Å². The quantitative estimate of drug-likeness (QED) is 0.156. The summed E-state index contributed by atoms with van der Waals surface area (Å²) in [6.45, 7) is 6.94. The van der Waals surface area contributed by atoms with E-state index in [-0.39, 0.29) is 0 Å². The summed E-state index contributed by atoms with van der Waals surface area (Å²) in [7, 11) is 0. The maximum atomic E-state index is 2.57. The fraction of sp³-hybridized carbons (Fsp3) is 0.750. The molecule has 0 aliphatic carbocycles. The highest BCUT2D eigenvalue weighted by Gasteiger charge is 2.26. The van der Waals surface area contributed by atoms with Crippen LogP contribution in [0, 0.1) is 0 Å². The van der Waals surface area contributed by atoms with E-state index < -0.39 is 0 Å². The second-order valence-electron chi connectivity index (χ2n) is 10.6. The lowest BCUT2D eigenvalue weighted by atomic mass is 10.0. The molecule has 2 heteroatoms. The largest absolute Gasteiger partial charge is 0.352 e. The third kappa shape index (κ3) is 12.3. The summed E-state index contributed by atoms with van der Waals surface area (Å²) < 4.78 is 0. The van der Waals surface area contributed by atoms with Crippen LogP contribution in [0.5, 0.6) is 0 Å². The average molecular weight is 469 g/mol. The van der Waals surface area contributed by atoms with Gasteiger partial charge in [0.2, 0.25) is 0 Å². The summed E-state index contributed by atoms with van der Waals surface area (Å²) in [5.41, 5.74) is 1.43. The molecule has 1 aromatic rings. The van der Waals surface area contributed by atoms with Crippen LogP contribution in [0.25, 0.3) is 0 Å². The van der Waals surface area contributed by atoms with Gasteiger partial charge in [0.15, 0.2) is 0 Å². The molecule has 34 heavy (non-hydrogen) atoms. The van der Waals surface area contributed by atoms with Crippen LogP contribution in [-0.2, 0) is 0 Å². The van der Waals surface area contributed by atoms with Gasteiger partial charge >= 0.3 is 0 Å². The molecular weight excluding hydrogens is 412 g/mol. The lowest BCUT2D eigenvalue weighted by Crippen LogP contribution is -2.32. The molecule has 0 saturated carbocycles. The molecule has 1 unspecified atom stereocenters. The predicted molar refractivity (Wildman–Crippen MR) is 151 cm³/mol. The molecular formula is C32H56N2. The van der Waals surface area contributed by atoms with Crippen molar-refractivity contribution >= 4 is 0 Å². The first kappa shape index (κ1) is 28.8. The van der Waals surface area contributed by atoms with Crippen molar-refractivity contribution < 1.29 is 0 Å². The minimum atomic E-state index is 0.398. The molecule has 0 radical (unpaired) electrons. The Morgan fingerprint density at radius 3 is 1.26 bits per heavy atom. The van der Waals surface area contributed by atoms with Crippen LogP contribution in [-0.4, -0.2) is 22.9 Å². The van der Waals surface area contributed by atoms with E-state index in [9.17, 15) is 0 Å². The first-order valence-corrected chi connectivity index (χ1v) is 15.1. The van der Waals surface area contributed by atoms with E-state index >= 15 is 0 Å². The lowest BCUT2D eigenvalue weighted by molar-refractivity contribution is 0.150. The van der Waals surface area contributed by atoms with Crippen molar-refractivity contribution in [2.45, 2.75) is 142 Å². The maximum absolute atomic E-state index is 2.57. The van der Waals surface area contributed by atoms with Crippen LogP contribution in [0.3, 0.4) is 0 Å². The molecule has 0 N–H and O–H groups in total. The monoisotopic (exact) mass is 468 g/mol. The van der Waals surface area contributed by atoms with E-state index in [0.717, 1.165) is 0 Å². The molecule has 1 aliphatic heterocycles. The molecule has 0 saturated heterocycles. The molecule has 0 spiro atoms. The Morgan fingerprint density at radius 1 is 0.471 bits per heavy atom. The van der Waals surface area contributed by atoms with Gasteiger partial charge in [-0.1, -0.05) is 153 Å². The van der Waals surface area contributed by atoms with Gasteiger partial charge in [0.1, 0.15) is 6.17 Å². The Hall–Kier alpha value is -1.44. The summed E-state index contributed by atoms with van der Waals surface area (Å²) in [5.74, 6) is 0. The Morgan fingerprint density at radius 2 is 0.824 bits per heavy atom. The van der Waals surface area contributed by atoms with Crippen LogP contribution >= 0.6 is 0 Å². The first-order chi connectivity index (χ1) is 16.9. The summed E-state index contributed by atoms with van der Waals surface area (Å²) in [6.07, 6.45) is 31.9. The van der Waals surface area contributed by atoms with Crippen molar-refractivity contribution in [1.29, 1.82) is 0 Å². The maximum Gasteiger partial charge on any atom is 0.127 e. The number of benzene rings is 1. The minimum Gasteiger partial charge on any atom is -0.352 e. The number of nitrogens with zero attached hydrogens (tertiary/aromatic N) is 2. The Labute approximate surface area is 213 Å². The number of unbranched alkanes of at least 4 members (excludes halogenated alkanes) is 17. The van der Waals surface area contributed by atoms with Crippen LogP contribution in [0.1, 0.15) is 148 Å². The third-order valence-corrected chi connectivity index (χ3v) is 7.47. The topological polar surface area (TPSA) is 6.48 Å². The molecule has 0 fully saturated rings. The molecule has 0 aromatic heterocycles. The van der Waals surface area contributed by atoms with Gasteiger partial charge in [-0.25, -0.2) is 0 Å². The van der Waals surface area contributed by atoms with Gasteiger partial charge in [-0.15, -0.1) is 0 Å². The van der Waals surface area contributed by atoms with Gasteiger partial charge in [0.05, 0.1) is 0 Å². The molecule has 2 nitrogen and oxygen atoms in total. The Balaban J connectivity index is 1.49. The second-order valence-corrected chi connectivity index (χ2v) is 10.6. The Kier molecular flexibility index (Phi) is 16.8. The fourth-order valence-electron chi connectivity index (χ4n) is 5.31. The smallest absolute Gasteiger partial charge is 0.127 e. The van der Waals surface area contributed by atoms with Crippen molar-refractivity contribution in [3.8, 4) is 0 Å². The van der Waals surface area contributed by atoms with Crippen molar-refractivity contribution in [2.24, 2.45) is 0 Å². The van der Waals surface area contributed by atoms with Crippen molar-refractivity contribution in [1.82, 2.24) is 9.80 Å². The standard InChI is InChI=1S/C32H56N2/c1-3-5-7-8-9-10-11-12-13-14-15-16-17-18-19-24-28-34-30-29-33(27-23-6-4-2)32(34)31-25-21-20-22-26-31/h20-22,25-26,29-30,32H,3-19,23-24,27-28H2,1-2H3. The molecule has 0 amide bonds. The van der Waals surface area contributed by atoms with Crippen LogP contribution in [0.2, 0.25) is 0 Å². The molecule has 1 aliphatic rings. The number of rotatable bonds is 22. The average Bonchev–Trinajstić information content (AvgIpc) is 3.27. The fourth-order valence-corrected chi connectivity index (χ4v) is 5.31. The van der Waals surface area contributed by atoms with E-state index in [1.54, 1.807) is 0 Å². The second kappa shape index (κ2) is 19.8. The van der Waals surface area contributed by atoms with E-state index in [0.29, 0.717) is 6.17 Å². The summed E-state index contributed by atoms with van der Waals surface area (Å²) in [6, 6.07) is 11.1. The normalized spacial score (nSPS) is 15.5. The van der Waals surface area contributed by atoms with Gasteiger partial charge in [0, 0.05) is 25.5 Å². The summed E-state index contributed by atoms with van der Waals surface area (Å²) in [5, 5.41) is 0. The highest BCUT2D eigenvalue weighted by atomic mass is 15.4. The predicted octanol–water partition coefficient (Wildman–Crippen LogP) is 10.2. The zero-order valence-corrected chi connectivity index (χ0v) is 22.9. The van der Waals surface area contributed by atoms with E-state index in [1.165, 1.54) is 141 Å². The third-order valence-electron chi connectivity index (χ3n) is 7.47. The van der Waals surface area contributed by atoms with E-state index in [4.69, 9.17) is 0 Å². The van der Waals surface area contributed by atoms with Crippen LogP contribution < -0.4 is 0 Å². The number of hydrogen-bond donors (Lipinski definition) is 0. The molecule has 0 bridgehead atoms. The highest BCUT2D eigenvalue weighted by molar-refractivity contribution is 5.21. The number of hydrogen-bond acceptors (Lipinski definition) is 2. The zero-order chi connectivity index (χ0) is 24.1. The van der Waals surface area contributed by atoms with Crippen molar-refractivity contribution in [2.75, 3.05) is 13.1 Å². The SMILES string of the molecule is CCCCCCCCCCCCCCCCCCN1C=CN(CCCCC)C1c1ccccc1. The van der Waals surface area contributed by atoms with Crippen LogP contribution in [0.15, 0.2) is 42.7 Å². The summed E-state index contributed by atoms with van der Waals surface area (Å²) >= 11 is 0. The minimum absolute atomic E-state index is 0.398. The van der Waals surface area contributed by atoms with Gasteiger partial charge in [0.25, 0.3) is 0 Å². The van der Waals surface area contributed by atoms with E-state index in [1.807, 2.05) is 0 Å². The van der Waals surface area contributed by atoms with Gasteiger partial charge in [-0.2, -0.15) is 0 Å². The lowest BCUT2D eigenvalue weighted by Gasteiger charge is -2.33. The van der Waals surface area contributed by atoms with Crippen molar-refractivity contribution in [3.05, 3.63) is 48.3 Å².